The maximum atomic E-state index is 13.7. The number of ether oxygens (including phenoxy) is 1. The molecule has 40 heavy (non-hydrogen) atoms. The van der Waals surface area contributed by atoms with E-state index in [2.05, 4.69) is 24.5 Å². The fraction of sp³-hybridized carbons (Fsp3) is 0.485. The molecule has 0 saturated heterocycles. The molecule has 1 aliphatic carbocycles. The molecular formula is C33H43N3O4. The summed E-state index contributed by atoms with van der Waals surface area (Å²) < 4.78 is 6.63. The van der Waals surface area contributed by atoms with Crippen molar-refractivity contribution in [3.8, 4) is 0 Å². The van der Waals surface area contributed by atoms with Gasteiger partial charge in [-0.2, -0.15) is 0 Å². The molecule has 1 aromatic carbocycles. The minimum Gasteiger partial charge on any atom is -0.468 e. The van der Waals surface area contributed by atoms with Crippen molar-refractivity contribution >= 4 is 23.2 Å². The third-order valence-electron chi connectivity index (χ3n) is 8.53. The number of carbonyl (C=O) groups excluding carboxylic acids is 3. The van der Waals surface area contributed by atoms with Gasteiger partial charge < -0.3 is 19.4 Å². The Hall–Kier alpha value is -3.45. The van der Waals surface area contributed by atoms with Crippen LogP contribution in [0.3, 0.4) is 0 Å². The molecule has 7 heteroatoms. The smallest absolute Gasteiger partial charge is 0.325 e. The predicted molar refractivity (Wildman–Crippen MR) is 158 cm³/mol. The maximum Gasteiger partial charge on any atom is 0.325 e. The van der Waals surface area contributed by atoms with Gasteiger partial charge in [0, 0.05) is 34.4 Å². The van der Waals surface area contributed by atoms with E-state index < -0.39 is 5.97 Å². The lowest BCUT2D eigenvalue weighted by Gasteiger charge is -2.28. The van der Waals surface area contributed by atoms with E-state index in [0.717, 1.165) is 23.9 Å². The van der Waals surface area contributed by atoms with Crippen LogP contribution in [0.4, 0.5) is 0 Å². The summed E-state index contributed by atoms with van der Waals surface area (Å²) in [6, 6.07) is 13.3. The van der Waals surface area contributed by atoms with Crippen molar-refractivity contribution in [3.63, 3.8) is 0 Å². The van der Waals surface area contributed by atoms with Gasteiger partial charge in [0.15, 0.2) is 0 Å². The summed E-state index contributed by atoms with van der Waals surface area (Å²) in [5.74, 6) is -0.745. The van der Waals surface area contributed by atoms with E-state index in [-0.39, 0.29) is 24.3 Å². The lowest BCUT2D eigenvalue weighted by Crippen LogP contribution is -2.41. The Labute approximate surface area is 237 Å². The molecule has 1 N–H and O–H groups in total. The lowest BCUT2D eigenvalue weighted by molar-refractivity contribution is -0.141. The highest BCUT2D eigenvalue weighted by atomic mass is 16.5. The van der Waals surface area contributed by atoms with E-state index in [1.165, 1.54) is 49.7 Å². The number of methoxy groups -OCH3 is 1. The van der Waals surface area contributed by atoms with E-state index in [1.54, 1.807) is 18.3 Å². The quantitative estimate of drug-likeness (QED) is 0.236. The third kappa shape index (κ3) is 6.30. The summed E-state index contributed by atoms with van der Waals surface area (Å²) >= 11 is 0. The van der Waals surface area contributed by atoms with E-state index in [9.17, 15) is 14.4 Å². The molecule has 214 valence electrons. The van der Waals surface area contributed by atoms with Crippen molar-refractivity contribution < 1.29 is 19.1 Å². The minimum atomic E-state index is -0.464. The molecule has 0 atom stereocenters. The van der Waals surface area contributed by atoms with Gasteiger partial charge >= 0.3 is 5.97 Å². The number of amides is 1. The Bertz CT molecular complexity index is 1350. The molecule has 0 spiro atoms. The molecule has 3 aromatic rings. The lowest BCUT2D eigenvalue weighted by atomic mass is 9.90. The summed E-state index contributed by atoms with van der Waals surface area (Å²) in [6.07, 6.45) is 11.0. The number of pyridine rings is 1. The summed E-state index contributed by atoms with van der Waals surface area (Å²) in [7, 11) is 3.40. The number of nitrogens with one attached hydrogen (secondary N) is 1. The number of aromatic nitrogens is 1. The monoisotopic (exact) mass is 545 g/mol. The largest absolute Gasteiger partial charge is 0.468 e. The molecule has 0 aliphatic heterocycles. The van der Waals surface area contributed by atoms with Gasteiger partial charge in [-0.3, -0.25) is 14.4 Å². The number of esters is 1. The van der Waals surface area contributed by atoms with E-state index in [1.807, 2.05) is 43.4 Å². The van der Waals surface area contributed by atoms with Crippen molar-refractivity contribution in [1.29, 1.82) is 0 Å². The Balaban J connectivity index is 1.52. The first-order valence-electron chi connectivity index (χ1n) is 14.6. The number of benzene rings is 1. The maximum absolute atomic E-state index is 13.7. The number of fused-ring (bicyclic) bond motifs is 1. The van der Waals surface area contributed by atoms with E-state index >= 15 is 0 Å². The van der Waals surface area contributed by atoms with Crippen LogP contribution >= 0.6 is 0 Å². The number of rotatable bonds is 12. The molecule has 1 amide bonds. The van der Waals surface area contributed by atoms with Crippen molar-refractivity contribution in [2.45, 2.75) is 83.7 Å². The predicted octanol–water partition coefficient (Wildman–Crippen LogP) is 5.61. The first-order valence-corrected chi connectivity index (χ1v) is 14.6. The van der Waals surface area contributed by atoms with Gasteiger partial charge in [-0.1, -0.05) is 44.0 Å². The average Bonchev–Trinajstić information content (AvgIpc) is 3.59. The van der Waals surface area contributed by atoms with Crippen LogP contribution < -0.4 is 5.32 Å². The zero-order valence-corrected chi connectivity index (χ0v) is 24.6. The fourth-order valence-electron chi connectivity index (χ4n) is 6.02. The Morgan fingerprint density at radius 3 is 2.35 bits per heavy atom. The standard InChI is InChI=1S/C33H43N3O4/c1-6-25-20-28-21-27(32(39)36(23(2)3)22-29(37)40-5)15-19-35(28)30(25)31(38)26-13-11-24(12-14-26)10-9-18-33(34-4)16-7-8-17-33/h11-15,19-21,23,34H,6-10,16-18,22H2,1-5H3. The van der Waals surface area contributed by atoms with Crippen molar-refractivity contribution in [1.82, 2.24) is 14.6 Å². The van der Waals surface area contributed by atoms with Crippen molar-refractivity contribution in [3.05, 3.63) is 76.6 Å². The zero-order chi connectivity index (χ0) is 28.9. The summed E-state index contributed by atoms with van der Waals surface area (Å²) in [6.45, 7) is 5.64. The Morgan fingerprint density at radius 2 is 1.75 bits per heavy atom. The number of ketones is 1. The number of carbonyl (C=O) groups is 3. The molecule has 7 nitrogen and oxygen atoms in total. The number of aryl methyl sites for hydroxylation is 2. The molecule has 2 heterocycles. The zero-order valence-electron chi connectivity index (χ0n) is 24.6. The van der Waals surface area contributed by atoms with Crippen LogP contribution in [0.25, 0.3) is 5.52 Å². The summed E-state index contributed by atoms with van der Waals surface area (Å²) in [4.78, 5) is 40.3. The minimum absolute atomic E-state index is 0.0305. The van der Waals surface area contributed by atoms with Gasteiger partial charge in [0.2, 0.25) is 5.78 Å². The summed E-state index contributed by atoms with van der Waals surface area (Å²) in [5.41, 5.74) is 5.01. The van der Waals surface area contributed by atoms with Crippen LogP contribution in [0.15, 0.2) is 48.7 Å². The average molecular weight is 546 g/mol. The second-order valence-electron chi connectivity index (χ2n) is 11.3. The second kappa shape index (κ2) is 12.8. The third-order valence-corrected chi connectivity index (χ3v) is 8.53. The van der Waals surface area contributed by atoms with Crippen LogP contribution in [0.2, 0.25) is 0 Å². The van der Waals surface area contributed by atoms with Gasteiger partial charge in [-0.25, -0.2) is 0 Å². The van der Waals surface area contributed by atoms with Gasteiger partial charge in [-0.15, -0.1) is 0 Å². The molecule has 1 fully saturated rings. The van der Waals surface area contributed by atoms with Crippen molar-refractivity contribution in [2.24, 2.45) is 0 Å². The van der Waals surface area contributed by atoms with Crippen molar-refractivity contribution in [2.75, 3.05) is 20.7 Å². The SMILES string of the molecule is CCc1cc2cc(C(=O)N(CC(=O)OC)C(C)C)ccn2c1C(=O)c1ccc(CCCC2(NC)CCCC2)cc1. The molecule has 0 unspecified atom stereocenters. The van der Waals surface area contributed by atoms with Gasteiger partial charge in [-0.05, 0) is 88.7 Å². The van der Waals surface area contributed by atoms with Crippen LogP contribution in [-0.4, -0.2) is 59.2 Å². The topological polar surface area (TPSA) is 80.1 Å². The van der Waals surface area contributed by atoms with Crippen LogP contribution in [0.5, 0.6) is 0 Å². The first-order chi connectivity index (χ1) is 19.2. The van der Waals surface area contributed by atoms with Crippen LogP contribution in [-0.2, 0) is 22.4 Å². The van der Waals surface area contributed by atoms with E-state index in [4.69, 9.17) is 4.74 Å². The molecule has 1 aliphatic rings. The second-order valence-corrected chi connectivity index (χ2v) is 11.3. The number of hydrogen-bond acceptors (Lipinski definition) is 5. The number of hydrogen-bond donors (Lipinski definition) is 1. The molecular weight excluding hydrogens is 502 g/mol. The normalized spacial score (nSPS) is 14.6. The van der Waals surface area contributed by atoms with Gasteiger partial charge in [0.1, 0.15) is 6.54 Å². The van der Waals surface area contributed by atoms with Gasteiger partial charge in [0.05, 0.1) is 12.8 Å². The molecule has 2 aromatic heterocycles. The number of nitrogens with zero attached hydrogens (tertiary/aromatic N) is 2. The molecule has 0 bridgehead atoms. The van der Waals surface area contributed by atoms with Crippen LogP contribution in [0.1, 0.15) is 96.8 Å². The Kier molecular flexibility index (Phi) is 9.46. The fourth-order valence-corrected chi connectivity index (χ4v) is 6.02. The molecule has 4 rings (SSSR count). The molecule has 0 radical (unpaired) electrons. The Morgan fingerprint density at radius 1 is 1.05 bits per heavy atom. The highest BCUT2D eigenvalue weighted by Gasteiger charge is 2.31. The van der Waals surface area contributed by atoms with E-state index in [0.29, 0.717) is 28.8 Å². The van der Waals surface area contributed by atoms with Gasteiger partial charge in [0.25, 0.3) is 5.91 Å². The highest BCUT2D eigenvalue weighted by molar-refractivity contribution is 6.10. The first kappa shape index (κ1) is 29.5. The summed E-state index contributed by atoms with van der Waals surface area (Å²) in [5, 5.41) is 3.57. The highest BCUT2D eigenvalue weighted by Crippen LogP contribution is 2.33. The van der Waals surface area contributed by atoms with Crippen LogP contribution in [0, 0.1) is 0 Å². The molecule has 1 saturated carbocycles.